The average molecular weight is 312 g/mol. The van der Waals surface area contributed by atoms with Crippen LogP contribution in [0, 0.1) is 0 Å². The van der Waals surface area contributed by atoms with Gasteiger partial charge in [0.25, 0.3) is 5.91 Å². The van der Waals surface area contributed by atoms with Crippen LogP contribution in [-0.4, -0.2) is 48.9 Å². The van der Waals surface area contributed by atoms with Crippen LogP contribution in [0.5, 0.6) is 0 Å². The SMILES string of the molecule is CN1CCCN(C(=O)c2cc(N)ccc2Br)CC1. The maximum Gasteiger partial charge on any atom is 0.255 e. The van der Waals surface area contributed by atoms with Gasteiger partial charge in [-0.15, -0.1) is 0 Å². The van der Waals surface area contributed by atoms with Gasteiger partial charge in [0, 0.05) is 29.8 Å². The van der Waals surface area contributed by atoms with Gasteiger partial charge in [-0.25, -0.2) is 0 Å². The molecule has 5 heteroatoms. The summed E-state index contributed by atoms with van der Waals surface area (Å²) in [5, 5.41) is 0. The molecule has 4 nitrogen and oxygen atoms in total. The predicted molar refractivity (Wildman–Crippen MR) is 76.6 cm³/mol. The number of likely N-dealkylation sites (N-methyl/N-ethyl adjacent to an activating group) is 1. The van der Waals surface area contributed by atoms with Gasteiger partial charge in [0.2, 0.25) is 0 Å². The molecule has 0 aliphatic carbocycles. The summed E-state index contributed by atoms with van der Waals surface area (Å²) in [4.78, 5) is 16.6. The Kier molecular flexibility index (Phi) is 4.24. The molecule has 1 heterocycles. The topological polar surface area (TPSA) is 49.6 Å². The largest absolute Gasteiger partial charge is 0.399 e. The second-order valence-electron chi connectivity index (χ2n) is 4.69. The number of rotatable bonds is 1. The van der Waals surface area contributed by atoms with Gasteiger partial charge < -0.3 is 15.5 Å². The van der Waals surface area contributed by atoms with E-state index in [1.807, 2.05) is 11.0 Å². The Morgan fingerprint density at radius 1 is 1.28 bits per heavy atom. The molecular formula is C13H18BrN3O. The summed E-state index contributed by atoms with van der Waals surface area (Å²) in [6.45, 7) is 3.55. The molecule has 18 heavy (non-hydrogen) atoms. The molecule has 2 rings (SSSR count). The van der Waals surface area contributed by atoms with Crippen molar-refractivity contribution in [3.63, 3.8) is 0 Å². The van der Waals surface area contributed by atoms with Gasteiger partial charge in [-0.1, -0.05) is 0 Å². The number of nitrogens with zero attached hydrogens (tertiary/aromatic N) is 2. The molecule has 1 aliphatic rings. The fraction of sp³-hybridized carbons (Fsp3) is 0.462. The Morgan fingerprint density at radius 2 is 2.06 bits per heavy atom. The Hall–Kier alpha value is -1.07. The molecular weight excluding hydrogens is 294 g/mol. The zero-order valence-corrected chi connectivity index (χ0v) is 12.1. The molecule has 0 unspecified atom stereocenters. The Morgan fingerprint density at radius 3 is 2.83 bits per heavy atom. The number of hydrogen-bond acceptors (Lipinski definition) is 3. The average Bonchev–Trinajstić information content (AvgIpc) is 2.56. The normalized spacial score (nSPS) is 17.6. The lowest BCUT2D eigenvalue weighted by atomic mass is 10.1. The first-order chi connectivity index (χ1) is 8.58. The number of hydrogen-bond donors (Lipinski definition) is 1. The van der Waals surface area contributed by atoms with Crippen molar-refractivity contribution in [1.82, 2.24) is 9.80 Å². The summed E-state index contributed by atoms with van der Waals surface area (Å²) < 4.78 is 0.805. The fourth-order valence-electron chi connectivity index (χ4n) is 2.13. The molecule has 1 aromatic rings. The van der Waals surface area contributed by atoms with E-state index < -0.39 is 0 Å². The van der Waals surface area contributed by atoms with Gasteiger partial charge >= 0.3 is 0 Å². The Labute approximate surface area is 116 Å². The molecule has 0 saturated carbocycles. The third-order valence-electron chi connectivity index (χ3n) is 3.23. The molecule has 0 spiro atoms. The van der Waals surface area contributed by atoms with E-state index in [1.54, 1.807) is 12.1 Å². The summed E-state index contributed by atoms with van der Waals surface area (Å²) in [6.07, 6.45) is 1.02. The van der Waals surface area contributed by atoms with Crippen molar-refractivity contribution in [3.05, 3.63) is 28.2 Å². The van der Waals surface area contributed by atoms with Crippen LogP contribution in [0.4, 0.5) is 5.69 Å². The van der Waals surface area contributed by atoms with Crippen LogP contribution in [0.15, 0.2) is 22.7 Å². The third kappa shape index (κ3) is 3.03. The van der Waals surface area contributed by atoms with Crippen LogP contribution in [0.1, 0.15) is 16.8 Å². The first kappa shape index (κ1) is 13.4. The third-order valence-corrected chi connectivity index (χ3v) is 3.92. The van der Waals surface area contributed by atoms with E-state index in [-0.39, 0.29) is 5.91 Å². The lowest BCUT2D eigenvalue weighted by Gasteiger charge is -2.21. The number of carbonyl (C=O) groups is 1. The molecule has 1 fully saturated rings. The van der Waals surface area contributed by atoms with E-state index >= 15 is 0 Å². The van der Waals surface area contributed by atoms with Crippen LogP contribution < -0.4 is 5.73 Å². The van der Waals surface area contributed by atoms with Crippen LogP contribution in [0.2, 0.25) is 0 Å². The van der Waals surface area contributed by atoms with Crippen molar-refractivity contribution in [2.24, 2.45) is 0 Å². The number of benzene rings is 1. The lowest BCUT2D eigenvalue weighted by molar-refractivity contribution is 0.0762. The van der Waals surface area contributed by atoms with E-state index in [2.05, 4.69) is 27.9 Å². The van der Waals surface area contributed by atoms with E-state index in [4.69, 9.17) is 5.73 Å². The predicted octanol–water partition coefficient (Wildman–Crippen LogP) is 1.81. The monoisotopic (exact) mass is 311 g/mol. The van der Waals surface area contributed by atoms with Crippen LogP contribution >= 0.6 is 15.9 Å². The molecule has 0 atom stereocenters. The van der Waals surface area contributed by atoms with Crippen molar-refractivity contribution in [2.45, 2.75) is 6.42 Å². The number of amides is 1. The number of carbonyl (C=O) groups excluding carboxylic acids is 1. The van der Waals surface area contributed by atoms with Crippen molar-refractivity contribution < 1.29 is 4.79 Å². The zero-order chi connectivity index (χ0) is 13.1. The fourth-order valence-corrected chi connectivity index (χ4v) is 2.54. The molecule has 98 valence electrons. The van der Waals surface area contributed by atoms with Crippen LogP contribution in [0.25, 0.3) is 0 Å². The lowest BCUT2D eigenvalue weighted by Crippen LogP contribution is -2.34. The smallest absolute Gasteiger partial charge is 0.255 e. The van der Waals surface area contributed by atoms with Crippen LogP contribution in [-0.2, 0) is 0 Å². The quantitative estimate of drug-likeness (QED) is 0.805. The maximum absolute atomic E-state index is 12.5. The molecule has 1 aliphatic heterocycles. The minimum atomic E-state index is 0.0597. The maximum atomic E-state index is 12.5. The highest BCUT2D eigenvalue weighted by Gasteiger charge is 2.20. The van der Waals surface area contributed by atoms with Gasteiger partial charge in [-0.2, -0.15) is 0 Å². The minimum absolute atomic E-state index is 0.0597. The number of nitrogens with two attached hydrogens (primary N) is 1. The van der Waals surface area contributed by atoms with E-state index in [0.29, 0.717) is 11.3 Å². The number of nitrogen functional groups attached to an aromatic ring is 1. The van der Waals surface area contributed by atoms with E-state index in [0.717, 1.165) is 37.1 Å². The first-order valence-corrected chi connectivity index (χ1v) is 6.90. The number of halogens is 1. The van der Waals surface area contributed by atoms with Gasteiger partial charge in [-0.3, -0.25) is 4.79 Å². The molecule has 2 N–H and O–H groups in total. The highest BCUT2D eigenvalue weighted by Crippen LogP contribution is 2.21. The summed E-state index contributed by atoms with van der Waals surface area (Å²) in [5.41, 5.74) is 7.02. The molecule has 1 saturated heterocycles. The van der Waals surface area contributed by atoms with Gasteiger partial charge in [0.15, 0.2) is 0 Å². The molecule has 0 aromatic heterocycles. The molecule has 0 bridgehead atoms. The van der Waals surface area contributed by atoms with Gasteiger partial charge in [-0.05, 0) is 54.1 Å². The Bertz CT molecular complexity index is 450. The summed E-state index contributed by atoms with van der Waals surface area (Å²) in [6, 6.07) is 5.35. The highest BCUT2D eigenvalue weighted by molar-refractivity contribution is 9.10. The number of anilines is 1. The molecule has 1 aromatic carbocycles. The zero-order valence-electron chi connectivity index (χ0n) is 10.5. The highest BCUT2D eigenvalue weighted by atomic mass is 79.9. The van der Waals surface area contributed by atoms with E-state index in [9.17, 15) is 4.79 Å². The Balaban J connectivity index is 2.17. The second kappa shape index (κ2) is 5.71. The summed E-state index contributed by atoms with van der Waals surface area (Å²) >= 11 is 3.42. The van der Waals surface area contributed by atoms with Crippen molar-refractivity contribution in [1.29, 1.82) is 0 Å². The van der Waals surface area contributed by atoms with Gasteiger partial charge in [0.05, 0.1) is 5.56 Å². The first-order valence-electron chi connectivity index (χ1n) is 6.11. The van der Waals surface area contributed by atoms with Gasteiger partial charge in [0.1, 0.15) is 0 Å². The molecule has 1 amide bonds. The van der Waals surface area contributed by atoms with E-state index in [1.165, 1.54) is 0 Å². The summed E-state index contributed by atoms with van der Waals surface area (Å²) in [7, 11) is 2.09. The minimum Gasteiger partial charge on any atom is -0.399 e. The van der Waals surface area contributed by atoms with Crippen molar-refractivity contribution >= 4 is 27.5 Å². The van der Waals surface area contributed by atoms with Crippen LogP contribution in [0.3, 0.4) is 0 Å². The standard InChI is InChI=1S/C13H18BrN3O/c1-16-5-2-6-17(8-7-16)13(18)11-9-10(15)3-4-12(11)14/h3-4,9H,2,5-8,15H2,1H3. The second-order valence-corrected chi connectivity index (χ2v) is 5.54. The van der Waals surface area contributed by atoms with Crippen molar-refractivity contribution in [3.8, 4) is 0 Å². The van der Waals surface area contributed by atoms with Crippen molar-refractivity contribution in [2.75, 3.05) is 39.0 Å². The molecule has 0 radical (unpaired) electrons. The summed E-state index contributed by atoms with van der Waals surface area (Å²) in [5.74, 6) is 0.0597.